The van der Waals surface area contributed by atoms with Crippen LogP contribution in [0.5, 0.6) is 0 Å². The average Bonchev–Trinajstić information content (AvgIpc) is 3.12. The lowest BCUT2D eigenvalue weighted by atomic mass is 10.1. The molecule has 3 rings (SSSR count). The number of piperazine rings is 1. The molecule has 0 amide bonds. The quantitative estimate of drug-likeness (QED) is 0.870. The lowest BCUT2D eigenvalue weighted by Crippen LogP contribution is -2.50. The maximum atomic E-state index is 5.37. The first kappa shape index (κ1) is 14.9. The van der Waals surface area contributed by atoms with E-state index in [0.29, 0.717) is 18.6 Å². The Balaban J connectivity index is 1.49. The molecular weight excluding hydrogens is 266 g/mol. The molecule has 0 radical (unpaired) electrons. The Hall–Kier alpha value is -0.980. The van der Waals surface area contributed by atoms with Crippen molar-refractivity contribution in [3.63, 3.8) is 0 Å². The number of rotatable bonds is 5. The number of aromatic nitrogens is 2. The molecular formula is C15H27N5O. The van der Waals surface area contributed by atoms with Crippen molar-refractivity contribution < 1.29 is 4.52 Å². The first-order valence-electron chi connectivity index (χ1n) is 8.14. The molecule has 2 fully saturated rings. The van der Waals surface area contributed by atoms with Gasteiger partial charge >= 0.3 is 0 Å². The van der Waals surface area contributed by atoms with Crippen LogP contribution in [0.15, 0.2) is 4.52 Å². The van der Waals surface area contributed by atoms with Crippen molar-refractivity contribution in [2.75, 3.05) is 33.7 Å². The van der Waals surface area contributed by atoms with Crippen molar-refractivity contribution in [3.05, 3.63) is 11.7 Å². The van der Waals surface area contributed by atoms with E-state index in [4.69, 9.17) is 4.52 Å². The Kier molecular flexibility index (Phi) is 4.87. The minimum atomic E-state index is 0.483. The molecule has 0 spiro atoms. The maximum Gasteiger partial charge on any atom is 0.240 e. The smallest absolute Gasteiger partial charge is 0.240 e. The van der Waals surface area contributed by atoms with Gasteiger partial charge in [-0.2, -0.15) is 4.98 Å². The summed E-state index contributed by atoms with van der Waals surface area (Å²) in [6.07, 6.45) is 6.11. The van der Waals surface area contributed by atoms with E-state index in [1.54, 1.807) is 0 Å². The van der Waals surface area contributed by atoms with Crippen LogP contribution in [0.4, 0.5) is 0 Å². The third-order valence-electron chi connectivity index (χ3n) is 4.81. The molecule has 6 heteroatoms. The second-order valence-electron chi connectivity index (χ2n) is 6.57. The second-order valence-corrected chi connectivity index (χ2v) is 6.57. The first-order valence-corrected chi connectivity index (χ1v) is 8.14. The molecule has 6 nitrogen and oxygen atoms in total. The fourth-order valence-electron chi connectivity index (χ4n) is 3.34. The monoisotopic (exact) mass is 293 g/mol. The molecule has 1 atom stereocenters. The summed E-state index contributed by atoms with van der Waals surface area (Å²) >= 11 is 0. The van der Waals surface area contributed by atoms with E-state index in [1.807, 2.05) is 0 Å². The highest BCUT2D eigenvalue weighted by atomic mass is 16.5. The molecule has 0 bridgehead atoms. The molecule has 1 N–H and O–H groups in total. The van der Waals surface area contributed by atoms with Crippen LogP contribution in [0.1, 0.15) is 37.4 Å². The lowest BCUT2D eigenvalue weighted by molar-refractivity contribution is 0.113. The first-order chi connectivity index (χ1) is 10.2. The zero-order valence-corrected chi connectivity index (χ0v) is 13.2. The van der Waals surface area contributed by atoms with Crippen LogP contribution in [0.2, 0.25) is 0 Å². The molecule has 0 aromatic carbocycles. The molecule has 1 saturated heterocycles. The van der Waals surface area contributed by atoms with Crippen molar-refractivity contribution in [1.29, 1.82) is 0 Å². The second kappa shape index (κ2) is 6.85. The predicted octanol–water partition coefficient (Wildman–Crippen LogP) is 0.890. The zero-order chi connectivity index (χ0) is 14.7. The summed E-state index contributed by atoms with van der Waals surface area (Å²) in [4.78, 5) is 9.30. The van der Waals surface area contributed by atoms with E-state index in [9.17, 15) is 0 Å². The molecule has 1 aliphatic carbocycles. The summed E-state index contributed by atoms with van der Waals surface area (Å²) < 4.78 is 5.37. The van der Waals surface area contributed by atoms with Crippen LogP contribution in [0.3, 0.4) is 0 Å². The van der Waals surface area contributed by atoms with Gasteiger partial charge in [0, 0.05) is 38.1 Å². The van der Waals surface area contributed by atoms with Crippen molar-refractivity contribution in [1.82, 2.24) is 25.3 Å². The minimum absolute atomic E-state index is 0.483. The summed E-state index contributed by atoms with van der Waals surface area (Å²) in [6, 6.07) is 1.12. The number of nitrogens with zero attached hydrogens (tertiary/aromatic N) is 4. The summed E-state index contributed by atoms with van der Waals surface area (Å²) in [5.41, 5.74) is 0. The molecule has 2 aliphatic rings. The van der Waals surface area contributed by atoms with E-state index in [1.165, 1.54) is 25.7 Å². The number of hydrogen-bond donors (Lipinski definition) is 1. The largest absolute Gasteiger partial charge is 0.338 e. The van der Waals surface area contributed by atoms with Gasteiger partial charge in [-0.1, -0.05) is 18.0 Å². The van der Waals surface area contributed by atoms with Crippen LogP contribution in [-0.2, 0) is 13.0 Å². The number of nitrogens with one attached hydrogen (secondary N) is 1. The Morgan fingerprint density at radius 3 is 2.86 bits per heavy atom. The number of likely N-dealkylation sites (N-methyl/N-ethyl adjacent to an activating group) is 2. The van der Waals surface area contributed by atoms with E-state index in [-0.39, 0.29) is 0 Å². The van der Waals surface area contributed by atoms with Crippen molar-refractivity contribution >= 4 is 0 Å². The lowest BCUT2D eigenvalue weighted by Gasteiger charge is -2.37. The van der Waals surface area contributed by atoms with E-state index >= 15 is 0 Å². The Bertz CT molecular complexity index is 443. The third-order valence-corrected chi connectivity index (χ3v) is 4.81. The van der Waals surface area contributed by atoms with E-state index < -0.39 is 0 Å². The molecule has 118 valence electrons. The normalized spacial score (nSPS) is 25.7. The van der Waals surface area contributed by atoms with E-state index in [0.717, 1.165) is 37.8 Å². The van der Waals surface area contributed by atoms with Crippen molar-refractivity contribution in [3.8, 4) is 0 Å². The molecule has 1 unspecified atom stereocenters. The van der Waals surface area contributed by atoms with Crippen LogP contribution in [0.25, 0.3) is 0 Å². The minimum Gasteiger partial charge on any atom is -0.338 e. The van der Waals surface area contributed by atoms with Crippen LogP contribution < -0.4 is 5.32 Å². The van der Waals surface area contributed by atoms with Gasteiger partial charge in [0.05, 0.1) is 6.54 Å². The molecule has 2 heterocycles. The fraction of sp³-hybridized carbons (Fsp3) is 0.867. The topological polar surface area (TPSA) is 57.4 Å². The van der Waals surface area contributed by atoms with Gasteiger partial charge in [-0.3, -0.25) is 0 Å². The highest BCUT2D eigenvalue weighted by Gasteiger charge is 2.24. The SMILES string of the molecule is CN1CCN(C)C(Cc2noc(CNC3CCCC3)n2)C1. The van der Waals surface area contributed by atoms with E-state index in [2.05, 4.69) is 39.4 Å². The van der Waals surface area contributed by atoms with Crippen LogP contribution in [0, 0.1) is 0 Å². The summed E-state index contributed by atoms with van der Waals surface area (Å²) in [5.74, 6) is 1.56. The highest BCUT2D eigenvalue weighted by Crippen LogP contribution is 2.18. The van der Waals surface area contributed by atoms with Gasteiger partial charge in [0.2, 0.25) is 5.89 Å². The van der Waals surface area contributed by atoms with Gasteiger partial charge in [-0.25, -0.2) is 0 Å². The Labute approximate surface area is 126 Å². The Morgan fingerprint density at radius 1 is 1.24 bits per heavy atom. The van der Waals surface area contributed by atoms with Crippen molar-refractivity contribution in [2.45, 2.75) is 50.7 Å². The van der Waals surface area contributed by atoms with Gasteiger partial charge < -0.3 is 19.6 Å². The fourth-order valence-corrected chi connectivity index (χ4v) is 3.34. The zero-order valence-electron chi connectivity index (χ0n) is 13.2. The summed E-state index contributed by atoms with van der Waals surface area (Å²) in [7, 11) is 4.35. The molecule has 1 saturated carbocycles. The molecule has 1 aliphatic heterocycles. The Morgan fingerprint density at radius 2 is 2.05 bits per heavy atom. The summed E-state index contributed by atoms with van der Waals surface area (Å²) in [5, 5.41) is 7.66. The van der Waals surface area contributed by atoms with Gasteiger partial charge in [0.15, 0.2) is 5.82 Å². The third kappa shape index (κ3) is 4.02. The van der Waals surface area contributed by atoms with Crippen LogP contribution >= 0.6 is 0 Å². The maximum absolute atomic E-state index is 5.37. The average molecular weight is 293 g/mol. The molecule has 1 aromatic heterocycles. The predicted molar refractivity (Wildman–Crippen MR) is 81.0 cm³/mol. The molecule has 21 heavy (non-hydrogen) atoms. The van der Waals surface area contributed by atoms with Gasteiger partial charge in [-0.15, -0.1) is 0 Å². The van der Waals surface area contributed by atoms with Crippen LogP contribution in [-0.4, -0.2) is 65.8 Å². The molecule has 1 aromatic rings. The standard InChI is InChI=1S/C15H27N5O/c1-19-7-8-20(2)13(11-19)9-14-17-15(21-18-14)10-16-12-5-3-4-6-12/h12-13,16H,3-11H2,1-2H3. The summed E-state index contributed by atoms with van der Waals surface area (Å²) in [6.45, 7) is 4.02. The van der Waals surface area contributed by atoms with Crippen molar-refractivity contribution in [2.24, 2.45) is 0 Å². The van der Waals surface area contributed by atoms with Gasteiger partial charge in [0.1, 0.15) is 0 Å². The highest BCUT2D eigenvalue weighted by molar-refractivity contribution is 4.93. The van der Waals surface area contributed by atoms with Gasteiger partial charge in [-0.05, 0) is 26.9 Å². The van der Waals surface area contributed by atoms with Gasteiger partial charge in [0.25, 0.3) is 0 Å². The number of hydrogen-bond acceptors (Lipinski definition) is 6.